The Kier molecular flexibility index (Phi) is 4.56. The monoisotopic (exact) mass is 336 g/mol. The van der Waals surface area contributed by atoms with E-state index >= 15 is 0 Å². The summed E-state index contributed by atoms with van der Waals surface area (Å²) in [4.78, 5) is 12.1. The Morgan fingerprint density at radius 1 is 1.12 bits per heavy atom. The standard InChI is InChI=1S/C21H36O3/c1-14(2)21(24-5)12-9-16-15(13-21)7-8-17-19(16,3)10-6-11-20(17,4)18(22)23/h14-17H,6-13H2,1-5H3,(H,22,23). The Morgan fingerprint density at radius 3 is 2.42 bits per heavy atom. The number of carboxylic acid groups (broad SMARTS) is 1. The van der Waals surface area contributed by atoms with Gasteiger partial charge in [0.05, 0.1) is 11.0 Å². The number of rotatable bonds is 3. The Morgan fingerprint density at radius 2 is 1.83 bits per heavy atom. The van der Waals surface area contributed by atoms with Crippen molar-refractivity contribution in [2.75, 3.05) is 7.11 Å². The highest BCUT2D eigenvalue weighted by atomic mass is 16.5. The van der Waals surface area contributed by atoms with Crippen molar-refractivity contribution in [2.45, 2.75) is 84.7 Å². The molecule has 0 heterocycles. The molecule has 3 rings (SSSR count). The largest absolute Gasteiger partial charge is 0.481 e. The second-order valence-corrected chi connectivity index (χ2v) is 9.74. The van der Waals surface area contributed by atoms with E-state index in [1.165, 1.54) is 19.3 Å². The van der Waals surface area contributed by atoms with Gasteiger partial charge in [-0.25, -0.2) is 0 Å². The molecule has 138 valence electrons. The third-order valence-corrected chi connectivity index (χ3v) is 8.65. The highest BCUT2D eigenvalue weighted by Crippen LogP contribution is 2.65. The molecule has 0 aliphatic heterocycles. The van der Waals surface area contributed by atoms with E-state index in [1.807, 2.05) is 14.0 Å². The van der Waals surface area contributed by atoms with Crippen LogP contribution in [0.15, 0.2) is 0 Å². The minimum atomic E-state index is -0.568. The predicted molar refractivity (Wildman–Crippen MR) is 95.8 cm³/mol. The predicted octanol–water partition coefficient (Wildman–Crippen LogP) is 5.14. The van der Waals surface area contributed by atoms with Gasteiger partial charge in [-0.05, 0) is 81.0 Å². The summed E-state index contributed by atoms with van der Waals surface area (Å²) < 4.78 is 6.04. The molecule has 6 atom stereocenters. The minimum absolute atomic E-state index is 0.0368. The van der Waals surface area contributed by atoms with Crippen LogP contribution in [-0.4, -0.2) is 23.8 Å². The summed E-state index contributed by atoms with van der Waals surface area (Å²) in [7, 11) is 1.88. The van der Waals surface area contributed by atoms with Crippen LogP contribution < -0.4 is 0 Å². The van der Waals surface area contributed by atoms with Crippen molar-refractivity contribution < 1.29 is 14.6 Å². The average molecular weight is 337 g/mol. The first-order valence-electron chi connectivity index (χ1n) is 9.98. The molecule has 3 nitrogen and oxygen atoms in total. The van der Waals surface area contributed by atoms with E-state index in [-0.39, 0.29) is 11.0 Å². The minimum Gasteiger partial charge on any atom is -0.481 e. The second-order valence-electron chi connectivity index (χ2n) is 9.74. The molecule has 6 unspecified atom stereocenters. The topological polar surface area (TPSA) is 46.5 Å². The number of aliphatic carboxylic acids is 1. The maximum atomic E-state index is 12.1. The molecule has 0 aromatic rings. The van der Waals surface area contributed by atoms with Crippen LogP contribution in [0.1, 0.15) is 79.1 Å². The van der Waals surface area contributed by atoms with Crippen LogP contribution in [0.2, 0.25) is 0 Å². The van der Waals surface area contributed by atoms with Gasteiger partial charge >= 0.3 is 5.97 Å². The average Bonchev–Trinajstić information content (AvgIpc) is 2.53. The van der Waals surface area contributed by atoms with Gasteiger partial charge in [-0.3, -0.25) is 4.79 Å². The van der Waals surface area contributed by atoms with Gasteiger partial charge in [-0.2, -0.15) is 0 Å². The molecule has 3 saturated carbocycles. The number of hydrogen-bond donors (Lipinski definition) is 1. The van der Waals surface area contributed by atoms with Gasteiger partial charge in [-0.1, -0.05) is 27.2 Å². The molecular formula is C21H36O3. The summed E-state index contributed by atoms with van der Waals surface area (Å²) in [6.07, 6.45) is 8.91. The van der Waals surface area contributed by atoms with Crippen LogP contribution in [0.4, 0.5) is 0 Å². The smallest absolute Gasteiger partial charge is 0.309 e. The zero-order valence-electron chi connectivity index (χ0n) is 16.2. The molecule has 0 amide bonds. The highest BCUT2D eigenvalue weighted by molar-refractivity contribution is 5.75. The van der Waals surface area contributed by atoms with E-state index < -0.39 is 11.4 Å². The van der Waals surface area contributed by atoms with Crippen molar-refractivity contribution >= 4 is 5.97 Å². The molecule has 0 radical (unpaired) electrons. The zero-order chi connectivity index (χ0) is 17.8. The first kappa shape index (κ1) is 18.2. The third-order valence-electron chi connectivity index (χ3n) is 8.65. The van der Waals surface area contributed by atoms with E-state index in [2.05, 4.69) is 20.8 Å². The Bertz CT molecular complexity index is 501. The molecule has 1 N–H and O–H groups in total. The van der Waals surface area contributed by atoms with Gasteiger partial charge in [-0.15, -0.1) is 0 Å². The Hall–Kier alpha value is -0.570. The van der Waals surface area contributed by atoms with E-state index in [4.69, 9.17) is 4.74 Å². The van der Waals surface area contributed by atoms with Crippen molar-refractivity contribution in [3.63, 3.8) is 0 Å². The normalized spacial score (nSPS) is 48.7. The fourth-order valence-electron chi connectivity index (χ4n) is 7.08. The van der Waals surface area contributed by atoms with Crippen LogP contribution in [0, 0.1) is 34.5 Å². The summed E-state index contributed by atoms with van der Waals surface area (Å²) in [5, 5.41) is 9.92. The lowest BCUT2D eigenvalue weighted by atomic mass is 9.43. The van der Waals surface area contributed by atoms with Crippen molar-refractivity contribution in [3.05, 3.63) is 0 Å². The molecule has 0 aromatic carbocycles. The van der Waals surface area contributed by atoms with Gasteiger partial charge in [0.2, 0.25) is 0 Å². The number of fused-ring (bicyclic) bond motifs is 3. The quantitative estimate of drug-likeness (QED) is 0.776. The number of hydrogen-bond acceptors (Lipinski definition) is 2. The summed E-state index contributed by atoms with van der Waals surface area (Å²) >= 11 is 0. The Labute approximate surface area is 147 Å². The van der Waals surface area contributed by atoms with Crippen molar-refractivity contribution in [3.8, 4) is 0 Å². The molecular weight excluding hydrogens is 300 g/mol. The molecule has 0 saturated heterocycles. The van der Waals surface area contributed by atoms with Crippen LogP contribution in [-0.2, 0) is 9.53 Å². The number of methoxy groups -OCH3 is 1. The SMILES string of the molecule is COC1(C(C)C)CCC2C(CCC3C(C)(C(=O)O)CCCC23C)C1. The number of ether oxygens (including phenoxy) is 1. The molecule has 24 heavy (non-hydrogen) atoms. The van der Waals surface area contributed by atoms with Crippen LogP contribution in [0.25, 0.3) is 0 Å². The molecule has 0 aromatic heterocycles. The molecule has 3 aliphatic carbocycles. The molecule has 3 fully saturated rings. The van der Waals surface area contributed by atoms with Gasteiger partial charge in [0.25, 0.3) is 0 Å². The van der Waals surface area contributed by atoms with Crippen molar-refractivity contribution in [2.24, 2.45) is 34.5 Å². The van der Waals surface area contributed by atoms with E-state index in [0.717, 1.165) is 32.1 Å². The van der Waals surface area contributed by atoms with Crippen LogP contribution in [0.3, 0.4) is 0 Å². The van der Waals surface area contributed by atoms with Gasteiger partial charge in [0, 0.05) is 7.11 Å². The fraction of sp³-hybridized carbons (Fsp3) is 0.952. The molecule has 0 spiro atoms. The fourth-order valence-corrected chi connectivity index (χ4v) is 7.08. The first-order chi connectivity index (χ1) is 11.2. The van der Waals surface area contributed by atoms with Gasteiger partial charge < -0.3 is 9.84 Å². The van der Waals surface area contributed by atoms with E-state index in [9.17, 15) is 9.90 Å². The summed E-state index contributed by atoms with van der Waals surface area (Å²) in [6, 6.07) is 0. The summed E-state index contributed by atoms with van der Waals surface area (Å²) in [5.41, 5.74) is -0.286. The van der Waals surface area contributed by atoms with Gasteiger partial charge in [0.1, 0.15) is 0 Å². The van der Waals surface area contributed by atoms with E-state index in [0.29, 0.717) is 23.7 Å². The maximum Gasteiger partial charge on any atom is 0.309 e. The zero-order valence-corrected chi connectivity index (χ0v) is 16.2. The lowest BCUT2D eigenvalue weighted by Gasteiger charge is -2.62. The van der Waals surface area contributed by atoms with Gasteiger partial charge in [0.15, 0.2) is 0 Å². The van der Waals surface area contributed by atoms with Crippen LogP contribution >= 0.6 is 0 Å². The summed E-state index contributed by atoms with van der Waals surface area (Å²) in [6.45, 7) is 9.02. The van der Waals surface area contributed by atoms with Crippen molar-refractivity contribution in [1.29, 1.82) is 0 Å². The lowest BCUT2D eigenvalue weighted by molar-refractivity contribution is -0.184. The maximum absolute atomic E-state index is 12.1. The first-order valence-corrected chi connectivity index (χ1v) is 9.98. The molecule has 3 heteroatoms. The molecule has 3 aliphatic rings. The number of carboxylic acids is 1. The lowest BCUT2D eigenvalue weighted by Crippen LogP contribution is -2.58. The van der Waals surface area contributed by atoms with E-state index in [1.54, 1.807) is 0 Å². The Balaban J connectivity index is 1.88. The van der Waals surface area contributed by atoms with Crippen molar-refractivity contribution in [1.82, 2.24) is 0 Å². The van der Waals surface area contributed by atoms with Crippen LogP contribution in [0.5, 0.6) is 0 Å². The third kappa shape index (κ3) is 2.45. The molecule has 0 bridgehead atoms. The second kappa shape index (κ2) is 6.00. The highest BCUT2D eigenvalue weighted by Gasteiger charge is 2.60. The number of carbonyl (C=O) groups is 1. The summed E-state index contributed by atoms with van der Waals surface area (Å²) in [5.74, 6) is 1.70.